The molecule has 0 saturated heterocycles. The second-order valence-corrected chi connectivity index (χ2v) is 0.803. The van der Waals surface area contributed by atoms with Crippen LogP contribution in [0, 0.1) is 0 Å². The molecule has 0 rings (SSSR count). The van der Waals surface area contributed by atoms with E-state index in [0.717, 1.165) is 0 Å². The van der Waals surface area contributed by atoms with Gasteiger partial charge in [-0.2, -0.15) is 13.2 Å². The van der Waals surface area contributed by atoms with Crippen LogP contribution in [-0.4, -0.2) is 17.3 Å². The van der Waals surface area contributed by atoms with Crippen LogP contribution in [-0.2, 0) is 21.9 Å². The molecule has 0 bridgehead atoms. The maximum absolute atomic E-state index is 10.6. The summed E-state index contributed by atoms with van der Waals surface area (Å²) >= 11 is 0. The number of rotatable bonds is 0. The van der Waals surface area contributed by atoms with Gasteiger partial charge in [-0.3, -0.25) is 0 Å². The third-order valence-corrected chi connectivity index (χ3v) is 0.243. The molecular formula is C2HF3MnO2. The van der Waals surface area contributed by atoms with E-state index >= 15 is 0 Å². The molecule has 6 heteroatoms. The SMILES string of the molecule is O=C(O)C(F)(F)F.[Mn]. The Bertz CT molecular complexity index is 87.8. The van der Waals surface area contributed by atoms with E-state index in [9.17, 15) is 13.2 Å². The average molecular weight is 169 g/mol. The Labute approximate surface area is 53.2 Å². The molecule has 0 spiro atoms. The number of carboxylic acid groups (broad SMARTS) is 1. The topological polar surface area (TPSA) is 37.3 Å². The predicted octanol–water partition coefficient (Wildman–Crippen LogP) is 0.631. The van der Waals surface area contributed by atoms with Gasteiger partial charge < -0.3 is 5.11 Å². The van der Waals surface area contributed by atoms with Gasteiger partial charge in [0.15, 0.2) is 0 Å². The van der Waals surface area contributed by atoms with Crippen molar-refractivity contribution in [3.8, 4) is 0 Å². The number of aliphatic carboxylic acids is 1. The number of hydrogen-bond acceptors (Lipinski definition) is 1. The van der Waals surface area contributed by atoms with E-state index in [1.807, 2.05) is 0 Å². The molecule has 0 amide bonds. The second kappa shape index (κ2) is 2.94. The molecule has 1 radical (unpaired) electrons. The molecule has 1 N–H and O–H groups in total. The van der Waals surface area contributed by atoms with E-state index < -0.39 is 12.1 Å². The summed E-state index contributed by atoms with van der Waals surface area (Å²) < 4.78 is 31.7. The number of carbonyl (C=O) groups is 1. The Morgan fingerprint density at radius 3 is 1.50 bits per heavy atom. The molecular weight excluding hydrogens is 168 g/mol. The summed E-state index contributed by atoms with van der Waals surface area (Å²) in [6, 6.07) is 0. The van der Waals surface area contributed by atoms with Crippen LogP contribution in [0.3, 0.4) is 0 Å². The zero-order chi connectivity index (χ0) is 6.08. The number of carboxylic acids is 1. The van der Waals surface area contributed by atoms with Crippen molar-refractivity contribution in [2.45, 2.75) is 6.18 Å². The second-order valence-electron chi connectivity index (χ2n) is 0.803. The van der Waals surface area contributed by atoms with E-state index in [4.69, 9.17) is 9.90 Å². The van der Waals surface area contributed by atoms with Gasteiger partial charge in [0.05, 0.1) is 0 Å². The number of hydrogen-bond donors (Lipinski definition) is 1. The van der Waals surface area contributed by atoms with Crippen molar-refractivity contribution in [2.24, 2.45) is 0 Å². The third kappa shape index (κ3) is 3.95. The summed E-state index contributed by atoms with van der Waals surface area (Å²) in [6.07, 6.45) is -5.08. The molecule has 0 aliphatic carbocycles. The largest absolute Gasteiger partial charge is 0.490 e. The van der Waals surface area contributed by atoms with Crippen LogP contribution in [0.4, 0.5) is 13.2 Å². The molecule has 49 valence electrons. The summed E-state index contributed by atoms with van der Waals surface area (Å²) in [7, 11) is 0. The van der Waals surface area contributed by atoms with Gasteiger partial charge in [-0.05, 0) is 0 Å². The van der Waals surface area contributed by atoms with E-state index in [2.05, 4.69) is 0 Å². The first-order valence-electron chi connectivity index (χ1n) is 1.24. The van der Waals surface area contributed by atoms with Gasteiger partial charge in [-0.1, -0.05) is 0 Å². The maximum Gasteiger partial charge on any atom is 0.490 e. The molecule has 0 unspecified atom stereocenters. The number of halogens is 3. The van der Waals surface area contributed by atoms with Crippen LogP contribution in [0.5, 0.6) is 0 Å². The molecule has 0 aliphatic heterocycles. The quantitative estimate of drug-likeness (QED) is 0.540. The van der Waals surface area contributed by atoms with Gasteiger partial charge in [0.25, 0.3) is 0 Å². The van der Waals surface area contributed by atoms with Gasteiger partial charge in [-0.15, -0.1) is 0 Å². The molecule has 0 fully saturated rings. The first-order valence-corrected chi connectivity index (χ1v) is 1.24. The average Bonchev–Trinajstić information content (AvgIpc) is 1.31. The molecule has 0 atom stereocenters. The Kier molecular flexibility index (Phi) is 3.93. The summed E-state index contributed by atoms with van der Waals surface area (Å²) in [6.45, 7) is 0. The Morgan fingerprint density at radius 2 is 1.50 bits per heavy atom. The molecule has 0 aromatic heterocycles. The Morgan fingerprint density at radius 1 is 1.38 bits per heavy atom. The van der Waals surface area contributed by atoms with Crippen molar-refractivity contribution in [2.75, 3.05) is 0 Å². The van der Waals surface area contributed by atoms with E-state index in [1.54, 1.807) is 0 Å². The monoisotopic (exact) mass is 169 g/mol. The molecule has 2 nitrogen and oxygen atoms in total. The molecule has 0 saturated carbocycles. The first-order chi connectivity index (χ1) is 2.94. The minimum atomic E-state index is -5.08. The fourth-order valence-corrected chi connectivity index (χ4v) is 0. The van der Waals surface area contributed by atoms with Gasteiger partial charge in [0, 0.05) is 17.1 Å². The summed E-state index contributed by atoms with van der Waals surface area (Å²) in [4.78, 5) is 8.90. The van der Waals surface area contributed by atoms with Gasteiger partial charge in [-0.25, -0.2) is 4.79 Å². The molecule has 0 heterocycles. The minimum Gasteiger partial charge on any atom is -0.475 e. The van der Waals surface area contributed by atoms with Gasteiger partial charge >= 0.3 is 12.1 Å². The summed E-state index contributed by atoms with van der Waals surface area (Å²) in [5.41, 5.74) is 0. The summed E-state index contributed by atoms with van der Waals surface area (Å²) in [5, 5.41) is 7.12. The van der Waals surface area contributed by atoms with E-state index in [0.29, 0.717) is 0 Å². The number of alkyl halides is 3. The van der Waals surface area contributed by atoms with Gasteiger partial charge in [0.1, 0.15) is 0 Å². The van der Waals surface area contributed by atoms with Crippen LogP contribution in [0.2, 0.25) is 0 Å². The Hall–Kier alpha value is -0.221. The van der Waals surface area contributed by atoms with Crippen LogP contribution >= 0.6 is 0 Å². The van der Waals surface area contributed by atoms with Crippen LogP contribution in [0.25, 0.3) is 0 Å². The fraction of sp³-hybridized carbons (Fsp3) is 0.500. The van der Waals surface area contributed by atoms with Crippen molar-refractivity contribution < 1.29 is 40.1 Å². The van der Waals surface area contributed by atoms with Crippen molar-refractivity contribution in [3.63, 3.8) is 0 Å². The maximum atomic E-state index is 10.6. The van der Waals surface area contributed by atoms with Crippen LogP contribution in [0.1, 0.15) is 0 Å². The zero-order valence-electron chi connectivity index (χ0n) is 3.37. The van der Waals surface area contributed by atoms with Crippen molar-refractivity contribution in [1.29, 1.82) is 0 Å². The molecule has 8 heavy (non-hydrogen) atoms. The standard InChI is InChI=1S/C2HF3O2.Mn/c3-2(4,5)1(6)7;/h(H,6,7);. The smallest absolute Gasteiger partial charge is 0.475 e. The minimum absolute atomic E-state index is 0. The predicted molar refractivity (Wildman–Crippen MR) is 13.7 cm³/mol. The van der Waals surface area contributed by atoms with Gasteiger partial charge in [0.2, 0.25) is 0 Å². The normalized spacial score (nSPS) is 9.88. The van der Waals surface area contributed by atoms with Crippen LogP contribution < -0.4 is 0 Å². The third-order valence-electron chi connectivity index (χ3n) is 0.243. The molecule has 0 aromatic carbocycles. The fourth-order valence-electron chi connectivity index (χ4n) is 0. The van der Waals surface area contributed by atoms with Crippen molar-refractivity contribution >= 4 is 5.97 Å². The van der Waals surface area contributed by atoms with E-state index in [-0.39, 0.29) is 17.1 Å². The summed E-state index contributed by atoms with van der Waals surface area (Å²) in [5.74, 6) is -2.76. The molecule has 0 aliphatic rings. The zero-order valence-corrected chi connectivity index (χ0v) is 4.55. The Balaban J connectivity index is 0. The van der Waals surface area contributed by atoms with Crippen molar-refractivity contribution in [1.82, 2.24) is 0 Å². The van der Waals surface area contributed by atoms with Crippen molar-refractivity contribution in [3.05, 3.63) is 0 Å². The first kappa shape index (κ1) is 10.7. The van der Waals surface area contributed by atoms with E-state index in [1.165, 1.54) is 0 Å². The van der Waals surface area contributed by atoms with Crippen LogP contribution in [0.15, 0.2) is 0 Å². The molecule has 0 aromatic rings.